The molecule has 0 radical (unpaired) electrons. The molecule has 0 amide bonds. The van der Waals surface area contributed by atoms with Crippen LogP contribution in [0.1, 0.15) is 113 Å². The van der Waals surface area contributed by atoms with Crippen molar-refractivity contribution in [2.24, 2.45) is 28.6 Å². The predicted octanol–water partition coefficient (Wildman–Crippen LogP) is 7.41. The minimum absolute atomic E-state index is 0.237. The Balaban J connectivity index is 1.46. The van der Waals surface area contributed by atoms with Crippen LogP contribution in [0.2, 0.25) is 0 Å². The molecule has 0 aliphatic heterocycles. The SMILES string of the molecule is CC(=O)O[C@@H]1CC2=CC=C3[C@@H]4CC[C@H](C(C)SCCCCCC(C)(C)O)[C@@]4(C)CC[C@@H]3[C@@]2(C)[C@@H](OC(C)=O)C1. The predicted molar refractivity (Wildman–Crippen MR) is 158 cm³/mol. The van der Waals surface area contributed by atoms with E-state index in [-0.39, 0.29) is 29.6 Å². The Morgan fingerprint density at radius 2 is 1.77 bits per heavy atom. The number of unbranched alkanes of at least 4 members (excludes halogenated alkanes) is 2. The van der Waals surface area contributed by atoms with E-state index in [0.29, 0.717) is 34.8 Å². The lowest BCUT2D eigenvalue weighted by Gasteiger charge is -2.57. The Morgan fingerprint density at radius 3 is 2.44 bits per heavy atom. The van der Waals surface area contributed by atoms with Crippen LogP contribution in [0, 0.1) is 28.6 Å². The van der Waals surface area contributed by atoms with E-state index in [1.165, 1.54) is 57.3 Å². The molecule has 8 atom stereocenters. The molecular weight excluding hydrogens is 508 g/mol. The monoisotopic (exact) mass is 560 g/mol. The van der Waals surface area contributed by atoms with Gasteiger partial charge in [0.2, 0.25) is 0 Å². The number of aliphatic hydroxyl groups is 1. The van der Waals surface area contributed by atoms with Crippen molar-refractivity contribution in [3.05, 3.63) is 23.3 Å². The molecule has 3 saturated carbocycles. The van der Waals surface area contributed by atoms with E-state index in [9.17, 15) is 14.7 Å². The maximum Gasteiger partial charge on any atom is 0.302 e. The fraction of sp³-hybridized carbons (Fsp3) is 0.818. The van der Waals surface area contributed by atoms with Gasteiger partial charge in [-0.25, -0.2) is 0 Å². The van der Waals surface area contributed by atoms with Crippen LogP contribution in [0.25, 0.3) is 0 Å². The molecule has 4 aliphatic carbocycles. The van der Waals surface area contributed by atoms with Gasteiger partial charge in [-0.1, -0.05) is 56.9 Å². The topological polar surface area (TPSA) is 72.8 Å². The van der Waals surface area contributed by atoms with E-state index >= 15 is 0 Å². The number of hydrogen-bond acceptors (Lipinski definition) is 6. The summed E-state index contributed by atoms with van der Waals surface area (Å²) in [4.78, 5) is 23.9. The number of hydrogen-bond donors (Lipinski definition) is 1. The molecule has 39 heavy (non-hydrogen) atoms. The molecule has 0 bridgehead atoms. The molecule has 3 fully saturated rings. The molecule has 1 N–H and O–H groups in total. The van der Waals surface area contributed by atoms with Gasteiger partial charge in [-0.15, -0.1) is 0 Å². The molecule has 0 aromatic heterocycles. The number of allylic oxidation sites excluding steroid dienone is 3. The van der Waals surface area contributed by atoms with Gasteiger partial charge < -0.3 is 14.6 Å². The second kappa shape index (κ2) is 11.9. The third-order valence-electron chi connectivity index (χ3n) is 10.7. The third kappa shape index (κ3) is 6.47. The van der Waals surface area contributed by atoms with Crippen LogP contribution >= 0.6 is 11.8 Å². The van der Waals surface area contributed by atoms with Crippen molar-refractivity contribution in [1.82, 2.24) is 0 Å². The summed E-state index contributed by atoms with van der Waals surface area (Å²) in [7, 11) is 0. The van der Waals surface area contributed by atoms with E-state index < -0.39 is 5.60 Å². The van der Waals surface area contributed by atoms with Gasteiger partial charge in [-0.3, -0.25) is 9.59 Å². The minimum atomic E-state index is -0.548. The van der Waals surface area contributed by atoms with Crippen molar-refractivity contribution in [2.75, 3.05) is 5.75 Å². The zero-order chi connectivity index (χ0) is 28.6. The average molecular weight is 561 g/mol. The number of esters is 2. The van der Waals surface area contributed by atoms with Gasteiger partial charge in [-0.05, 0) is 81.3 Å². The van der Waals surface area contributed by atoms with Crippen LogP contribution in [-0.2, 0) is 19.1 Å². The molecule has 5 nitrogen and oxygen atoms in total. The number of rotatable bonds is 10. The first kappa shape index (κ1) is 30.7. The largest absolute Gasteiger partial charge is 0.462 e. The van der Waals surface area contributed by atoms with Crippen molar-refractivity contribution < 1.29 is 24.2 Å². The fourth-order valence-corrected chi connectivity index (χ4v) is 10.2. The summed E-state index contributed by atoms with van der Waals surface area (Å²) in [5.41, 5.74) is 2.36. The molecule has 1 unspecified atom stereocenters. The van der Waals surface area contributed by atoms with E-state index in [0.717, 1.165) is 25.7 Å². The smallest absolute Gasteiger partial charge is 0.302 e. The Labute approximate surface area is 240 Å². The van der Waals surface area contributed by atoms with E-state index in [4.69, 9.17) is 9.47 Å². The number of thioether (sulfide) groups is 1. The van der Waals surface area contributed by atoms with Crippen LogP contribution in [0.15, 0.2) is 23.3 Å². The van der Waals surface area contributed by atoms with Crippen molar-refractivity contribution in [2.45, 2.75) is 136 Å². The van der Waals surface area contributed by atoms with Gasteiger partial charge in [0, 0.05) is 37.4 Å². The van der Waals surface area contributed by atoms with Gasteiger partial charge in [0.1, 0.15) is 12.2 Å². The molecule has 220 valence electrons. The third-order valence-corrected chi connectivity index (χ3v) is 12.1. The van der Waals surface area contributed by atoms with Crippen molar-refractivity contribution in [3.63, 3.8) is 0 Å². The van der Waals surface area contributed by atoms with E-state index in [2.05, 4.69) is 44.7 Å². The van der Waals surface area contributed by atoms with Crippen molar-refractivity contribution in [1.29, 1.82) is 0 Å². The molecule has 0 saturated heterocycles. The molecule has 4 aliphatic rings. The normalized spacial score (nSPS) is 36.6. The maximum absolute atomic E-state index is 12.2. The lowest BCUT2D eigenvalue weighted by atomic mass is 9.49. The molecule has 0 spiro atoms. The first-order valence-corrected chi connectivity index (χ1v) is 16.4. The van der Waals surface area contributed by atoms with Gasteiger partial charge >= 0.3 is 11.9 Å². The highest BCUT2D eigenvalue weighted by atomic mass is 32.2. The second-order valence-electron chi connectivity index (χ2n) is 13.9. The molecule has 6 heteroatoms. The maximum atomic E-state index is 12.2. The van der Waals surface area contributed by atoms with Gasteiger partial charge in [0.15, 0.2) is 0 Å². The van der Waals surface area contributed by atoms with Crippen molar-refractivity contribution >= 4 is 23.7 Å². The average Bonchev–Trinajstić information content (AvgIpc) is 3.18. The molecule has 0 heterocycles. The summed E-state index contributed by atoms with van der Waals surface area (Å²) < 4.78 is 11.6. The van der Waals surface area contributed by atoms with Crippen LogP contribution in [0.3, 0.4) is 0 Å². The lowest BCUT2D eigenvalue weighted by molar-refractivity contribution is -0.165. The number of carbonyl (C=O) groups is 2. The zero-order valence-electron chi connectivity index (χ0n) is 25.4. The number of carbonyl (C=O) groups excluding carboxylic acids is 2. The van der Waals surface area contributed by atoms with Gasteiger partial charge in [0.05, 0.1) is 5.60 Å². The van der Waals surface area contributed by atoms with Crippen LogP contribution in [0.4, 0.5) is 0 Å². The van der Waals surface area contributed by atoms with E-state index in [1.54, 1.807) is 5.57 Å². The zero-order valence-corrected chi connectivity index (χ0v) is 26.2. The second-order valence-corrected chi connectivity index (χ2v) is 15.4. The Kier molecular flexibility index (Phi) is 9.38. The lowest BCUT2D eigenvalue weighted by Crippen LogP contribution is -2.54. The minimum Gasteiger partial charge on any atom is -0.462 e. The molecule has 4 rings (SSSR count). The van der Waals surface area contributed by atoms with Gasteiger partial charge in [0.25, 0.3) is 0 Å². The summed E-state index contributed by atoms with van der Waals surface area (Å²) in [6.45, 7) is 14.1. The van der Waals surface area contributed by atoms with Crippen molar-refractivity contribution in [3.8, 4) is 0 Å². The summed E-state index contributed by atoms with van der Waals surface area (Å²) in [6, 6.07) is 0. The Morgan fingerprint density at radius 1 is 1.05 bits per heavy atom. The highest BCUT2D eigenvalue weighted by Gasteiger charge is 2.60. The Bertz CT molecular complexity index is 979. The summed E-state index contributed by atoms with van der Waals surface area (Å²) in [6.07, 6.45) is 14.7. The standard InChI is InChI=1S/C33H52O5S/c1-21(39-18-10-8-9-16-31(4,5)36)27-13-14-28-26-12-11-24-19-25(37-22(2)34)20-30(38-23(3)35)33(24,7)29(26)15-17-32(27,28)6/h11-12,21,25,27-30,36H,8-10,13-20H2,1-7H3/t21?,25-,27-,28+,29+,30+,32-,33+/m1/s1. The molecule has 0 aromatic rings. The van der Waals surface area contributed by atoms with E-state index in [1.807, 2.05) is 13.8 Å². The summed E-state index contributed by atoms with van der Waals surface area (Å²) in [5, 5.41) is 10.6. The fourth-order valence-electron chi connectivity index (χ4n) is 8.73. The van der Waals surface area contributed by atoms with Crippen LogP contribution in [-0.4, -0.2) is 45.9 Å². The van der Waals surface area contributed by atoms with Gasteiger partial charge in [-0.2, -0.15) is 11.8 Å². The summed E-state index contributed by atoms with van der Waals surface area (Å²) in [5.74, 6) is 2.34. The number of fused-ring (bicyclic) bond motifs is 5. The van der Waals surface area contributed by atoms with Crippen LogP contribution < -0.4 is 0 Å². The Hall–Kier alpha value is -1.27. The number of ether oxygens (including phenoxy) is 2. The quantitative estimate of drug-likeness (QED) is 0.222. The first-order valence-electron chi connectivity index (χ1n) is 15.3. The van der Waals surface area contributed by atoms with Crippen LogP contribution in [0.5, 0.6) is 0 Å². The highest BCUT2D eigenvalue weighted by molar-refractivity contribution is 7.99. The molecule has 0 aromatic carbocycles. The molecular formula is C33H52O5S. The first-order chi connectivity index (χ1) is 18.3. The summed E-state index contributed by atoms with van der Waals surface area (Å²) >= 11 is 2.15. The highest BCUT2D eigenvalue weighted by Crippen LogP contribution is 2.66.